The molecular formula is C13H14N4O2. The van der Waals surface area contributed by atoms with Crippen molar-refractivity contribution in [1.82, 2.24) is 4.98 Å². The van der Waals surface area contributed by atoms with Gasteiger partial charge in [-0.25, -0.2) is 0 Å². The quantitative estimate of drug-likeness (QED) is 0.711. The largest absolute Gasteiger partial charge is 0.398 e. The lowest BCUT2D eigenvalue weighted by Gasteiger charge is -2.07. The summed E-state index contributed by atoms with van der Waals surface area (Å²) in [4.78, 5) is 26.4. The standard InChI is InChI=1S/C13H14N4O2/c1-7-4-10(14)9-5-8(2-3-11(9)16-7)17-13(19)6-12(15)18/h2-5H,6H2,1H3,(H2,14,16)(H2,15,18)(H,17,19). The van der Waals surface area contributed by atoms with Crippen LogP contribution in [0.4, 0.5) is 11.4 Å². The highest BCUT2D eigenvalue weighted by atomic mass is 16.2. The van der Waals surface area contributed by atoms with Gasteiger partial charge in [0.15, 0.2) is 0 Å². The van der Waals surface area contributed by atoms with Gasteiger partial charge in [-0.2, -0.15) is 0 Å². The summed E-state index contributed by atoms with van der Waals surface area (Å²) < 4.78 is 0. The second kappa shape index (κ2) is 4.93. The first-order chi connectivity index (χ1) is 8.95. The highest BCUT2D eigenvalue weighted by Crippen LogP contribution is 2.24. The zero-order valence-corrected chi connectivity index (χ0v) is 10.4. The van der Waals surface area contributed by atoms with Crippen LogP contribution in [-0.4, -0.2) is 16.8 Å². The zero-order chi connectivity index (χ0) is 14.0. The molecule has 6 nitrogen and oxygen atoms in total. The maximum absolute atomic E-state index is 11.4. The van der Waals surface area contributed by atoms with Gasteiger partial charge in [0.2, 0.25) is 11.8 Å². The number of primary amides is 1. The fraction of sp³-hybridized carbons (Fsp3) is 0.154. The number of carbonyl (C=O) groups excluding carboxylic acids is 2. The number of hydrogen-bond donors (Lipinski definition) is 3. The van der Waals surface area contributed by atoms with E-state index in [1.54, 1.807) is 24.3 Å². The van der Waals surface area contributed by atoms with Gasteiger partial charge in [-0.15, -0.1) is 0 Å². The van der Waals surface area contributed by atoms with Crippen LogP contribution in [0.15, 0.2) is 24.3 Å². The number of pyridine rings is 1. The summed E-state index contributed by atoms with van der Waals surface area (Å²) in [5.74, 6) is -1.12. The van der Waals surface area contributed by atoms with E-state index >= 15 is 0 Å². The SMILES string of the molecule is Cc1cc(N)c2cc(NC(=O)CC(N)=O)ccc2n1. The Labute approximate surface area is 109 Å². The molecule has 0 fully saturated rings. The third kappa shape index (κ3) is 2.98. The molecule has 2 rings (SSSR count). The molecule has 5 N–H and O–H groups in total. The Morgan fingerprint density at radius 3 is 2.74 bits per heavy atom. The molecule has 0 saturated carbocycles. The second-order valence-corrected chi connectivity index (χ2v) is 4.28. The van der Waals surface area contributed by atoms with Gasteiger partial charge in [0.05, 0.1) is 5.52 Å². The first-order valence-corrected chi connectivity index (χ1v) is 5.71. The molecule has 6 heteroatoms. The molecule has 0 radical (unpaired) electrons. The van der Waals surface area contributed by atoms with Gasteiger partial charge < -0.3 is 16.8 Å². The lowest BCUT2D eigenvalue weighted by atomic mass is 10.1. The van der Waals surface area contributed by atoms with Crippen LogP contribution < -0.4 is 16.8 Å². The van der Waals surface area contributed by atoms with Crippen molar-refractivity contribution in [2.24, 2.45) is 5.73 Å². The number of aryl methyl sites for hydroxylation is 1. The van der Waals surface area contributed by atoms with Crippen molar-refractivity contribution in [3.8, 4) is 0 Å². The van der Waals surface area contributed by atoms with Crippen molar-refractivity contribution in [3.63, 3.8) is 0 Å². The molecule has 0 aliphatic rings. The molecular weight excluding hydrogens is 244 g/mol. The van der Waals surface area contributed by atoms with Crippen molar-refractivity contribution in [1.29, 1.82) is 0 Å². The third-order valence-electron chi connectivity index (χ3n) is 2.59. The lowest BCUT2D eigenvalue weighted by Crippen LogP contribution is -2.21. The number of aromatic nitrogens is 1. The van der Waals surface area contributed by atoms with E-state index in [9.17, 15) is 9.59 Å². The molecule has 1 aromatic carbocycles. The van der Waals surface area contributed by atoms with Crippen LogP contribution >= 0.6 is 0 Å². The number of carbonyl (C=O) groups is 2. The minimum Gasteiger partial charge on any atom is -0.398 e. The lowest BCUT2D eigenvalue weighted by molar-refractivity contribution is -0.124. The fourth-order valence-corrected chi connectivity index (χ4v) is 1.83. The van der Waals surface area contributed by atoms with Gasteiger partial charge in [-0.3, -0.25) is 14.6 Å². The van der Waals surface area contributed by atoms with Gasteiger partial charge in [0.1, 0.15) is 6.42 Å². The minimum absolute atomic E-state index is 0.348. The zero-order valence-electron chi connectivity index (χ0n) is 10.4. The molecule has 0 aliphatic heterocycles. The minimum atomic E-state index is -0.671. The number of nitrogens with one attached hydrogen (secondary N) is 1. The van der Waals surface area contributed by atoms with Gasteiger partial charge in [-0.05, 0) is 31.2 Å². The molecule has 1 heterocycles. The van der Waals surface area contributed by atoms with E-state index in [1.807, 2.05) is 6.92 Å². The molecule has 0 bridgehead atoms. The predicted molar refractivity (Wildman–Crippen MR) is 73.3 cm³/mol. The average Bonchev–Trinajstić information content (AvgIpc) is 2.28. The van der Waals surface area contributed by atoms with Crippen molar-refractivity contribution >= 4 is 34.1 Å². The third-order valence-corrected chi connectivity index (χ3v) is 2.59. The van der Waals surface area contributed by atoms with Crippen LogP contribution in [0.25, 0.3) is 10.9 Å². The van der Waals surface area contributed by atoms with Gasteiger partial charge in [-0.1, -0.05) is 0 Å². The smallest absolute Gasteiger partial charge is 0.233 e. The predicted octanol–water partition coefficient (Wildman–Crippen LogP) is 0.939. The highest BCUT2D eigenvalue weighted by molar-refractivity contribution is 6.04. The average molecular weight is 258 g/mol. The van der Waals surface area contributed by atoms with E-state index in [-0.39, 0.29) is 6.42 Å². The summed E-state index contributed by atoms with van der Waals surface area (Å²) >= 11 is 0. The summed E-state index contributed by atoms with van der Waals surface area (Å²) in [5.41, 5.74) is 13.6. The topological polar surface area (TPSA) is 111 Å². The number of anilines is 2. The van der Waals surface area contributed by atoms with E-state index in [4.69, 9.17) is 11.5 Å². The maximum Gasteiger partial charge on any atom is 0.233 e. The molecule has 0 aliphatic carbocycles. The van der Waals surface area contributed by atoms with Crippen molar-refractivity contribution in [2.75, 3.05) is 11.1 Å². The van der Waals surface area contributed by atoms with Crippen molar-refractivity contribution < 1.29 is 9.59 Å². The Bertz CT molecular complexity index is 667. The Balaban J connectivity index is 2.31. The Morgan fingerprint density at radius 1 is 1.32 bits per heavy atom. The molecule has 0 unspecified atom stereocenters. The normalized spacial score (nSPS) is 10.4. The molecule has 0 spiro atoms. The summed E-state index contributed by atoms with van der Waals surface area (Å²) in [6, 6.07) is 6.94. The fourth-order valence-electron chi connectivity index (χ4n) is 1.83. The number of fused-ring (bicyclic) bond motifs is 1. The Kier molecular flexibility index (Phi) is 3.33. The molecule has 2 amide bonds. The van der Waals surface area contributed by atoms with Gasteiger partial charge in [0.25, 0.3) is 0 Å². The number of amides is 2. The second-order valence-electron chi connectivity index (χ2n) is 4.28. The summed E-state index contributed by atoms with van der Waals surface area (Å²) in [5, 5.41) is 3.34. The number of benzene rings is 1. The van der Waals surface area contributed by atoms with Crippen LogP contribution in [0.5, 0.6) is 0 Å². The molecule has 0 saturated heterocycles. The van der Waals surface area contributed by atoms with Gasteiger partial charge in [0, 0.05) is 22.5 Å². The summed E-state index contributed by atoms with van der Waals surface area (Å²) in [6.07, 6.45) is -0.348. The Hall–Kier alpha value is -2.63. The van der Waals surface area contributed by atoms with E-state index in [0.717, 1.165) is 16.6 Å². The molecule has 98 valence electrons. The number of rotatable bonds is 3. The summed E-state index contributed by atoms with van der Waals surface area (Å²) in [6.45, 7) is 1.86. The number of nitrogen functional groups attached to an aromatic ring is 1. The molecule has 0 atom stereocenters. The number of nitrogens with two attached hydrogens (primary N) is 2. The van der Waals surface area contributed by atoms with Crippen LogP contribution in [0.1, 0.15) is 12.1 Å². The maximum atomic E-state index is 11.4. The Morgan fingerprint density at radius 2 is 2.05 bits per heavy atom. The molecule has 1 aromatic heterocycles. The van der Waals surface area contributed by atoms with Crippen LogP contribution in [0, 0.1) is 6.92 Å². The van der Waals surface area contributed by atoms with Crippen molar-refractivity contribution in [2.45, 2.75) is 13.3 Å². The first kappa shape index (κ1) is 12.8. The van der Waals surface area contributed by atoms with E-state index in [0.29, 0.717) is 11.4 Å². The monoisotopic (exact) mass is 258 g/mol. The first-order valence-electron chi connectivity index (χ1n) is 5.71. The molecule has 2 aromatic rings. The number of nitrogens with zero attached hydrogens (tertiary/aromatic N) is 1. The van der Waals surface area contributed by atoms with Crippen LogP contribution in [0.2, 0.25) is 0 Å². The number of hydrogen-bond acceptors (Lipinski definition) is 4. The summed E-state index contributed by atoms with van der Waals surface area (Å²) in [7, 11) is 0. The van der Waals surface area contributed by atoms with E-state index in [2.05, 4.69) is 10.3 Å². The highest BCUT2D eigenvalue weighted by Gasteiger charge is 2.08. The van der Waals surface area contributed by atoms with E-state index < -0.39 is 11.8 Å². The van der Waals surface area contributed by atoms with Crippen LogP contribution in [0.3, 0.4) is 0 Å². The van der Waals surface area contributed by atoms with E-state index in [1.165, 1.54) is 0 Å². The van der Waals surface area contributed by atoms with Crippen molar-refractivity contribution in [3.05, 3.63) is 30.0 Å². The van der Waals surface area contributed by atoms with Crippen LogP contribution in [-0.2, 0) is 9.59 Å². The van der Waals surface area contributed by atoms with Gasteiger partial charge >= 0.3 is 0 Å². The molecule has 19 heavy (non-hydrogen) atoms.